The van der Waals surface area contributed by atoms with Crippen molar-refractivity contribution in [2.24, 2.45) is 0 Å². The summed E-state index contributed by atoms with van der Waals surface area (Å²) >= 11 is 1.34. The lowest BCUT2D eigenvalue weighted by molar-refractivity contribution is -0.120. The molecular formula is C18H13N3O3S. The second kappa shape index (κ2) is 6.46. The molecule has 0 amide bonds. The van der Waals surface area contributed by atoms with Gasteiger partial charge in [0, 0.05) is 10.9 Å². The Balaban J connectivity index is 1.90. The van der Waals surface area contributed by atoms with Gasteiger partial charge in [0.25, 0.3) is 6.47 Å². The molecule has 0 aliphatic carbocycles. The SMILES string of the molecule is O=COc1csc(-n2nc(-c3cccc(CO)c3)c3ccccc32)n1. The number of benzene rings is 2. The maximum atomic E-state index is 10.5. The highest BCUT2D eigenvalue weighted by Gasteiger charge is 2.16. The van der Waals surface area contributed by atoms with Crippen LogP contribution in [0.15, 0.2) is 53.9 Å². The molecule has 2 aromatic heterocycles. The zero-order chi connectivity index (χ0) is 17.2. The molecule has 2 heterocycles. The molecule has 0 bridgehead atoms. The summed E-state index contributed by atoms with van der Waals surface area (Å²) in [6.07, 6.45) is 0. The van der Waals surface area contributed by atoms with Crippen molar-refractivity contribution in [3.8, 4) is 22.3 Å². The Labute approximate surface area is 146 Å². The minimum absolute atomic E-state index is 0.0225. The van der Waals surface area contributed by atoms with Crippen LogP contribution in [-0.4, -0.2) is 26.3 Å². The molecule has 0 unspecified atom stereocenters. The second-order valence-corrected chi connectivity index (χ2v) is 6.15. The number of aliphatic hydroxyl groups excluding tert-OH is 1. The molecule has 6 nitrogen and oxygen atoms in total. The molecule has 0 fully saturated rings. The fourth-order valence-corrected chi connectivity index (χ4v) is 3.39. The van der Waals surface area contributed by atoms with Crippen LogP contribution in [0.25, 0.3) is 27.3 Å². The van der Waals surface area contributed by atoms with Crippen LogP contribution in [0, 0.1) is 0 Å². The van der Waals surface area contributed by atoms with Crippen molar-refractivity contribution in [1.82, 2.24) is 14.8 Å². The molecule has 124 valence electrons. The molecule has 0 atom stereocenters. The molecule has 0 spiro atoms. The topological polar surface area (TPSA) is 77.2 Å². The van der Waals surface area contributed by atoms with Crippen LogP contribution in [0.3, 0.4) is 0 Å². The van der Waals surface area contributed by atoms with Crippen LogP contribution in [0.4, 0.5) is 0 Å². The van der Waals surface area contributed by atoms with E-state index in [-0.39, 0.29) is 12.5 Å². The third-order valence-corrected chi connectivity index (χ3v) is 4.59. The quantitative estimate of drug-likeness (QED) is 0.559. The maximum absolute atomic E-state index is 10.5. The molecule has 4 aromatic rings. The summed E-state index contributed by atoms with van der Waals surface area (Å²) in [5.41, 5.74) is 3.45. The van der Waals surface area contributed by atoms with Gasteiger partial charge in [-0.15, -0.1) is 0 Å². The molecule has 1 N–H and O–H groups in total. The molecule has 0 radical (unpaired) electrons. The zero-order valence-electron chi connectivity index (χ0n) is 13.0. The van der Waals surface area contributed by atoms with Gasteiger partial charge in [-0.2, -0.15) is 10.1 Å². The third-order valence-electron chi connectivity index (χ3n) is 3.79. The number of rotatable bonds is 5. The van der Waals surface area contributed by atoms with Gasteiger partial charge in [-0.3, -0.25) is 4.79 Å². The van der Waals surface area contributed by atoms with E-state index in [9.17, 15) is 9.90 Å². The Morgan fingerprint density at radius 3 is 2.92 bits per heavy atom. The number of aromatic nitrogens is 3. The monoisotopic (exact) mass is 351 g/mol. The Morgan fingerprint density at radius 1 is 1.20 bits per heavy atom. The largest absolute Gasteiger partial charge is 0.409 e. The van der Waals surface area contributed by atoms with Gasteiger partial charge in [-0.05, 0) is 17.7 Å². The fraction of sp³-hybridized carbons (Fsp3) is 0.0556. The number of para-hydroxylation sites is 1. The zero-order valence-corrected chi connectivity index (χ0v) is 13.8. The lowest BCUT2D eigenvalue weighted by Crippen LogP contribution is -1.96. The highest BCUT2D eigenvalue weighted by molar-refractivity contribution is 7.12. The van der Waals surface area contributed by atoms with E-state index in [1.165, 1.54) is 11.3 Å². The second-order valence-electron chi connectivity index (χ2n) is 5.32. The van der Waals surface area contributed by atoms with Crippen molar-refractivity contribution in [3.63, 3.8) is 0 Å². The van der Waals surface area contributed by atoms with Gasteiger partial charge in [0.05, 0.1) is 17.5 Å². The van der Waals surface area contributed by atoms with E-state index in [0.29, 0.717) is 11.6 Å². The predicted molar refractivity (Wildman–Crippen MR) is 94.8 cm³/mol. The van der Waals surface area contributed by atoms with E-state index < -0.39 is 0 Å². The average Bonchev–Trinajstić information content (AvgIpc) is 3.26. The Kier molecular flexibility index (Phi) is 4.01. The van der Waals surface area contributed by atoms with E-state index in [1.807, 2.05) is 48.5 Å². The summed E-state index contributed by atoms with van der Waals surface area (Å²) in [6.45, 7) is 0.331. The number of ether oxygens (including phenoxy) is 1. The number of carbonyl (C=O) groups excluding carboxylic acids is 1. The van der Waals surface area contributed by atoms with Crippen LogP contribution in [0.1, 0.15) is 5.56 Å². The van der Waals surface area contributed by atoms with Crippen LogP contribution >= 0.6 is 11.3 Å². The van der Waals surface area contributed by atoms with Crippen LogP contribution in [0.5, 0.6) is 5.88 Å². The summed E-state index contributed by atoms with van der Waals surface area (Å²) in [6, 6.07) is 15.5. The van der Waals surface area contributed by atoms with Gasteiger partial charge in [0.1, 0.15) is 5.69 Å². The van der Waals surface area contributed by atoms with Crippen molar-refractivity contribution in [3.05, 3.63) is 59.5 Å². The molecule has 0 saturated heterocycles. The first-order valence-corrected chi connectivity index (χ1v) is 8.42. The van der Waals surface area contributed by atoms with Gasteiger partial charge >= 0.3 is 0 Å². The Hall–Kier alpha value is -3.03. The molecule has 0 aliphatic rings. The molecule has 0 saturated carbocycles. The minimum atomic E-state index is -0.0225. The van der Waals surface area contributed by atoms with Crippen LogP contribution in [0.2, 0.25) is 0 Å². The van der Waals surface area contributed by atoms with Crippen molar-refractivity contribution < 1.29 is 14.6 Å². The van der Waals surface area contributed by atoms with Crippen molar-refractivity contribution >= 4 is 28.7 Å². The van der Waals surface area contributed by atoms with Gasteiger partial charge in [0.15, 0.2) is 0 Å². The van der Waals surface area contributed by atoms with E-state index >= 15 is 0 Å². The van der Waals surface area contributed by atoms with E-state index in [1.54, 1.807) is 10.1 Å². The lowest BCUT2D eigenvalue weighted by Gasteiger charge is -2.01. The normalized spacial score (nSPS) is 10.9. The van der Waals surface area contributed by atoms with Gasteiger partial charge in [0.2, 0.25) is 11.0 Å². The summed E-state index contributed by atoms with van der Waals surface area (Å²) < 4.78 is 6.53. The molecule has 0 aliphatic heterocycles. The first-order chi connectivity index (χ1) is 12.3. The first kappa shape index (κ1) is 15.5. The highest BCUT2D eigenvalue weighted by Crippen LogP contribution is 2.31. The van der Waals surface area contributed by atoms with Gasteiger partial charge in [-0.25, -0.2) is 4.68 Å². The third kappa shape index (κ3) is 2.79. The summed E-state index contributed by atoms with van der Waals surface area (Å²) in [7, 11) is 0. The standard InChI is InChI=1S/C18H13N3O3S/c22-9-12-4-3-5-13(8-12)17-14-6-1-2-7-15(14)21(20-17)18-19-16(10-25-18)24-11-23/h1-8,10-11,22H,9H2. The number of nitrogens with zero attached hydrogens (tertiary/aromatic N) is 3. The van der Waals surface area contributed by atoms with Gasteiger partial charge in [-0.1, -0.05) is 47.7 Å². The van der Waals surface area contributed by atoms with Crippen LogP contribution in [-0.2, 0) is 11.4 Å². The summed E-state index contributed by atoms with van der Waals surface area (Å²) in [5, 5.41) is 17.3. The fourth-order valence-electron chi connectivity index (χ4n) is 2.69. The number of aliphatic hydroxyl groups is 1. The molecular weight excluding hydrogens is 338 g/mol. The van der Waals surface area contributed by atoms with Crippen molar-refractivity contribution in [2.75, 3.05) is 0 Å². The number of carbonyl (C=O) groups is 1. The van der Waals surface area contributed by atoms with Gasteiger partial charge < -0.3 is 9.84 Å². The maximum Gasteiger partial charge on any atom is 0.299 e. The number of hydrogen-bond donors (Lipinski definition) is 1. The smallest absolute Gasteiger partial charge is 0.299 e. The highest BCUT2D eigenvalue weighted by atomic mass is 32.1. The molecule has 25 heavy (non-hydrogen) atoms. The lowest BCUT2D eigenvalue weighted by atomic mass is 10.1. The molecule has 4 rings (SSSR count). The van der Waals surface area contributed by atoms with E-state index in [4.69, 9.17) is 9.84 Å². The van der Waals surface area contributed by atoms with Crippen molar-refractivity contribution in [1.29, 1.82) is 0 Å². The van der Waals surface area contributed by atoms with E-state index in [2.05, 4.69) is 4.98 Å². The predicted octanol–water partition coefficient (Wildman–Crippen LogP) is 3.18. The minimum Gasteiger partial charge on any atom is -0.409 e. The molecule has 7 heteroatoms. The first-order valence-electron chi connectivity index (χ1n) is 7.54. The Morgan fingerprint density at radius 2 is 2.08 bits per heavy atom. The summed E-state index contributed by atoms with van der Waals surface area (Å²) in [5.74, 6) is 0.249. The summed E-state index contributed by atoms with van der Waals surface area (Å²) in [4.78, 5) is 14.8. The Bertz CT molecular complexity index is 1050. The number of thiazole rings is 1. The van der Waals surface area contributed by atoms with Crippen molar-refractivity contribution in [2.45, 2.75) is 6.61 Å². The van der Waals surface area contributed by atoms with Crippen LogP contribution < -0.4 is 4.74 Å². The number of fused-ring (bicyclic) bond motifs is 1. The average molecular weight is 351 g/mol. The number of hydrogen-bond acceptors (Lipinski definition) is 6. The molecule has 2 aromatic carbocycles. The van der Waals surface area contributed by atoms with E-state index in [0.717, 1.165) is 27.7 Å².